The largest absolute Gasteiger partial charge is 0.358 e. The Bertz CT molecular complexity index is 792. The highest BCUT2D eigenvalue weighted by molar-refractivity contribution is 7.89. The van der Waals surface area contributed by atoms with Crippen molar-refractivity contribution in [3.63, 3.8) is 0 Å². The zero-order chi connectivity index (χ0) is 15.6. The minimum atomic E-state index is -3.92. The summed E-state index contributed by atoms with van der Waals surface area (Å²) in [7, 11) is -1.22. The van der Waals surface area contributed by atoms with Crippen LogP contribution in [0.15, 0.2) is 35.4 Å². The summed E-state index contributed by atoms with van der Waals surface area (Å²) in [4.78, 5) is 15.1. The molecule has 1 aromatic carbocycles. The number of likely N-dealkylation sites (N-methyl/N-ethyl adjacent to an activating group) is 2. The van der Waals surface area contributed by atoms with Gasteiger partial charge in [0.15, 0.2) is 0 Å². The van der Waals surface area contributed by atoms with E-state index in [-0.39, 0.29) is 22.3 Å². The minimum absolute atomic E-state index is 0.0214. The topological polar surface area (TPSA) is 79.4 Å². The fraction of sp³-hybridized carbons (Fsp3) is 0.231. The molecular weight excluding hydrogens is 297 g/mol. The number of sulfonamides is 1. The maximum atomic E-state index is 13.7. The summed E-state index contributed by atoms with van der Waals surface area (Å²) < 4.78 is 39.6. The number of halogens is 1. The van der Waals surface area contributed by atoms with Gasteiger partial charge in [-0.05, 0) is 24.3 Å². The van der Waals surface area contributed by atoms with E-state index in [1.165, 1.54) is 38.5 Å². The quantitative estimate of drug-likeness (QED) is 0.903. The highest BCUT2D eigenvalue weighted by atomic mass is 32.2. The second-order valence-corrected chi connectivity index (χ2v) is 6.39. The molecule has 1 heterocycles. The van der Waals surface area contributed by atoms with Crippen LogP contribution in [0, 0.1) is 5.82 Å². The Labute approximate surface area is 121 Å². The maximum Gasteiger partial charge on any atom is 0.243 e. The second kappa shape index (κ2) is 5.74. The van der Waals surface area contributed by atoms with Gasteiger partial charge in [-0.1, -0.05) is 0 Å². The van der Waals surface area contributed by atoms with E-state index in [0.717, 1.165) is 10.4 Å². The normalized spacial score (nSPS) is 11.8. The van der Waals surface area contributed by atoms with Crippen molar-refractivity contribution in [2.45, 2.75) is 4.90 Å². The standard InChI is InChI=1S/C13H14FN3O3S/c1-15-12(18)8-17(2)21(19,20)11-6-5-10(14)13-9(11)4-3-7-16-13/h3-7H,8H2,1-2H3,(H,15,18). The van der Waals surface area contributed by atoms with Crippen molar-refractivity contribution in [1.29, 1.82) is 0 Å². The lowest BCUT2D eigenvalue weighted by Crippen LogP contribution is -2.37. The first-order valence-electron chi connectivity index (χ1n) is 6.08. The molecule has 0 aliphatic heterocycles. The molecule has 0 radical (unpaired) electrons. The molecule has 8 heteroatoms. The van der Waals surface area contributed by atoms with Crippen molar-refractivity contribution in [1.82, 2.24) is 14.6 Å². The zero-order valence-corrected chi connectivity index (χ0v) is 12.3. The molecule has 112 valence electrons. The van der Waals surface area contributed by atoms with Crippen molar-refractivity contribution in [3.8, 4) is 0 Å². The lowest BCUT2D eigenvalue weighted by Gasteiger charge is -2.17. The van der Waals surface area contributed by atoms with Crippen LogP contribution in [-0.4, -0.2) is 44.3 Å². The van der Waals surface area contributed by atoms with Crippen molar-refractivity contribution >= 4 is 26.8 Å². The van der Waals surface area contributed by atoms with Crippen LogP contribution in [0.4, 0.5) is 4.39 Å². The molecule has 0 spiro atoms. The molecule has 0 saturated heterocycles. The number of aromatic nitrogens is 1. The third-order valence-corrected chi connectivity index (χ3v) is 4.88. The second-order valence-electron chi connectivity index (χ2n) is 4.38. The van der Waals surface area contributed by atoms with Gasteiger partial charge >= 0.3 is 0 Å². The number of rotatable bonds is 4. The summed E-state index contributed by atoms with van der Waals surface area (Å²) in [6, 6.07) is 5.23. The first-order chi connectivity index (χ1) is 9.87. The van der Waals surface area contributed by atoms with Gasteiger partial charge in [0, 0.05) is 25.7 Å². The Morgan fingerprint density at radius 1 is 1.38 bits per heavy atom. The van der Waals surface area contributed by atoms with Gasteiger partial charge in [-0.2, -0.15) is 4.31 Å². The Hall–Kier alpha value is -2.06. The lowest BCUT2D eigenvalue weighted by molar-refractivity contribution is -0.120. The number of amides is 1. The third-order valence-electron chi connectivity index (χ3n) is 3.01. The van der Waals surface area contributed by atoms with Crippen LogP contribution in [0.1, 0.15) is 0 Å². The lowest BCUT2D eigenvalue weighted by atomic mass is 10.2. The van der Waals surface area contributed by atoms with E-state index in [9.17, 15) is 17.6 Å². The first kappa shape index (κ1) is 15.3. The van der Waals surface area contributed by atoms with Crippen molar-refractivity contribution in [3.05, 3.63) is 36.3 Å². The molecule has 0 fully saturated rings. The number of carbonyl (C=O) groups excluding carboxylic acids is 1. The van der Waals surface area contributed by atoms with E-state index in [2.05, 4.69) is 10.3 Å². The van der Waals surface area contributed by atoms with Gasteiger partial charge in [-0.3, -0.25) is 9.78 Å². The number of benzene rings is 1. The Kier molecular flexibility index (Phi) is 4.19. The van der Waals surface area contributed by atoms with E-state index < -0.39 is 21.7 Å². The average Bonchev–Trinajstić information content (AvgIpc) is 2.47. The number of carbonyl (C=O) groups is 1. The molecule has 1 N–H and O–H groups in total. The number of nitrogens with zero attached hydrogens (tertiary/aromatic N) is 2. The molecule has 0 atom stereocenters. The Balaban J connectivity index is 2.55. The van der Waals surface area contributed by atoms with Gasteiger partial charge in [0.2, 0.25) is 15.9 Å². The van der Waals surface area contributed by atoms with E-state index in [0.29, 0.717) is 0 Å². The first-order valence-corrected chi connectivity index (χ1v) is 7.52. The number of hydrogen-bond donors (Lipinski definition) is 1. The van der Waals surface area contributed by atoms with Gasteiger partial charge in [0.25, 0.3) is 0 Å². The molecule has 1 amide bonds. The van der Waals surface area contributed by atoms with E-state index in [1.54, 1.807) is 0 Å². The molecule has 0 aliphatic carbocycles. The van der Waals surface area contributed by atoms with Crippen LogP contribution in [0.3, 0.4) is 0 Å². The molecule has 0 unspecified atom stereocenters. The molecule has 0 aliphatic rings. The van der Waals surface area contributed by atoms with Crippen LogP contribution in [0.5, 0.6) is 0 Å². The molecule has 6 nitrogen and oxygen atoms in total. The zero-order valence-electron chi connectivity index (χ0n) is 11.5. The van der Waals surface area contributed by atoms with E-state index >= 15 is 0 Å². The monoisotopic (exact) mass is 311 g/mol. The summed E-state index contributed by atoms with van der Waals surface area (Å²) in [6.45, 7) is -0.321. The predicted molar refractivity (Wildman–Crippen MR) is 75.6 cm³/mol. The molecule has 1 aromatic heterocycles. The Morgan fingerprint density at radius 2 is 2.10 bits per heavy atom. The molecule has 0 saturated carbocycles. The van der Waals surface area contributed by atoms with Crippen LogP contribution in [0.2, 0.25) is 0 Å². The minimum Gasteiger partial charge on any atom is -0.358 e. The van der Waals surface area contributed by atoms with Crippen LogP contribution in [-0.2, 0) is 14.8 Å². The fourth-order valence-electron chi connectivity index (χ4n) is 1.87. The highest BCUT2D eigenvalue weighted by Gasteiger charge is 2.25. The van der Waals surface area contributed by atoms with Crippen molar-refractivity contribution < 1.29 is 17.6 Å². The summed E-state index contributed by atoms with van der Waals surface area (Å²) in [5.41, 5.74) is -0.0214. The van der Waals surface area contributed by atoms with Gasteiger partial charge in [0.1, 0.15) is 11.3 Å². The Morgan fingerprint density at radius 3 is 2.76 bits per heavy atom. The van der Waals surface area contributed by atoms with Gasteiger partial charge < -0.3 is 5.32 Å². The molecule has 0 bridgehead atoms. The van der Waals surface area contributed by atoms with Crippen molar-refractivity contribution in [2.24, 2.45) is 0 Å². The maximum absolute atomic E-state index is 13.7. The molecule has 2 rings (SSSR count). The average molecular weight is 311 g/mol. The summed E-state index contributed by atoms with van der Waals surface area (Å²) in [6.07, 6.45) is 1.38. The van der Waals surface area contributed by atoms with Crippen LogP contribution in [0.25, 0.3) is 10.9 Å². The van der Waals surface area contributed by atoms with Gasteiger partial charge in [0.05, 0.1) is 11.4 Å². The highest BCUT2D eigenvalue weighted by Crippen LogP contribution is 2.25. The molecular formula is C13H14FN3O3S. The molecule has 21 heavy (non-hydrogen) atoms. The number of fused-ring (bicyclic) bond motifs is 1. The predicted octanol–water partition coefficient (Wildman–Crippen LogP) is 0.740. The van der Waals surface area contributed by atoms with Gasteiger partial charge in [-0.25, -0.2) is 12.8 Å². The number of nitrogens with one attached hydrogen (secondary N) is 1. The number of pyridine rings is 1. The fourth-order valence-corrected chi connectivity index (χ4v) is 3.18. The van der Waals surface area contributed by atoms with Gasteiger partial charge in [-0.15, -0.1) is 0 Å². The van der Waals surface area contributed by atoms with E-state index in [1.807, 2.05) is 0 Å². The summed E-state index contributed by atoms with van der Waals surface area (Å²) in [5, 5.41) is 2.53. The summed E-state index contributed by atoms with van der Waals surface area (Å²) >= 11 is 0. The molecule has 2 aromatic rings. The SMILES string of the molecule is CNC(=O)CN(C)S(=O)(=O)c1ccc(F)c2ncccc12. The van der Waals surface area contributed by atoms with Crippen molar-refractivity contribution in [2.75, 3.05) is 20.6 Å². The summed E-state index contributed by atoms with van der Waals surface area (Å²) in [5.74, 6) is -1.04. The van der Waals surface area contributed by atoms with E-state index in [4.69, 9.17) is 0 Å². The third kappa shape index (κ3) is 2.86. The number of hydrogen-bond acceptors (Lipinski definition) is 4. The van der Waals surface area contributed by atoms with Crippen LogP contribution >= 0.6 is 0 Å². The van der Waals surface area contributed by atoms with Crippen LogP contribution < -0.4 is 5.32 Å². The smallest absolute Gasteiger partial charge is 0.243 e.